The van der Waals surface area contributed by atoms with Crippen molar-refractivity contribution in [2.45, 2.75) is 110 Å². The molecule has 0 aliphatic heterocycles. The van der Waals surface area contributed by atoms with Crippen LogP contribution in [-0.4, -0.2) is 0 Å². The highest BCUT2D eigenvalue weighted by molar-refractivity contribution is 5.49. The molecule has 0 radical (unpaired) electrons. The smallest absolute Gasteiger partial charge is 0.140 e. The molecule has 0 N–H and O–H groups in total. The molecule has 3 aromatic carbocycles. The number of hydrogen-bond acceptors (Lipinski definition) is 0. The van der Waals surface area contributed by atoms with E-state index in [9.17, 15) is 4.39 Å². The Kier molecular flexibility index (Phi) is 14.8. The van der Waals surface area contributed by atoms with E-state index in [1.54, 1.807) is 6.07 Å². The van der Waals surface area contributed by atoms with Gasteiger partial charge in [0.05, 0.1) is 5.56 Å². The third kappa shape index (κ3) is 12.3. The molecule has 0 heterocycles. The molecular weight excluding hydrogens is 487 g/mol. The summed E-state index contributed by atoms with van der Waals surface area (Å²) in [6, 6.07) is 21.9. The molecule has 0 aliphatic rings. The number of rotatable bonds is 15. The summed E-state index contributed by atoms with van der Waals surface area (Å²) in [7, 11) is 0. The standard InChI is InChI=1S/C39H47F/c1-3-5-7-9-11-13-15-17-34-20-24-36(25-21-34)28-30-38-31-29-37(32-39(38)40)27-26-35-22-18-33(19-23-35)16-14-12-10-8-6-4-2/h18-25,29,31-32H,3-17H2,1-2H3. The van der Waals surface area contributed by atoms with Crippen LogP contribution in [0.1, 0.15) is 131 Å². The van der Waals surface area contributed by atoms with Gasteiger partial charge in [-0.3, -0.25) is 0 Å². The fourth-order valence-electron chi connectivity index (χ4n) is 4.88. The summed E-state index contributed by atoms with van der Waals surface area (Å²) in [6.45, 7) is 4.51. The van der Waals surface area contributed by atoms with E-state index in [4.69, 9.17) is 0 Å². The average molecular weight is 535 g/mol. The molecule has 0 atom stereocenters. The minimum Gasteiger partial charge on any atom is -0.206 e. The fourth-order valence-corrected chi connectivity index (χ4v) is 4.88. The van der Waals surface area contributed by atoms with Crippen molar-refractivity contribution in [1.82, 2.24) is 0 Å². The highest BCUT2D eigenvalue weighted by Crippen LogP contribution is 2.14. The van der Waals surface area contributed by atoms with Crippen LogP contribution < -0.4 is 0 Å². The van der Waals surface area contributed by atoms with Crippen LogP contribution in [0.5, 0.6) is 0 Å². The SMILES string of the molecule is CCCCCCCCCc1ccc(C#Cc2ccc(C#Cc3ccc(CCCCCCCC)cc3)cc2F)cc1. The lowest BCUT2D eigenvalue weighted by Crippen LogP contribution is -1.88. The van der Waals surface area contributed by atoms with Gasteiger partial charge in [-0.05, 0) is 79.3 Å². The summed E-state index contributed by atoms with van der Waals surface area (Å²) in [4.78, 5) is 0. The van der Waals surface area contributed by atoms with E-state index in [1.807, 2.05) is 18.2 Å². The average Bonchev–Trinajstić information content (AvgIpc) is 2.98. The van der Waals surface area contributed by atoms with Crippen molar-refractivity contribution in [3.8, 4) is 23.7 Å². The first-order chi connectivity index (χ1) is 19.7. The van der Waals surface area contributed by atoms with Crippen molar-refractivity contribution in [2.24, 2.45) is 0 Å². The second kappa shape index (κ2) is 18.9. The lowest BCUT2D eigenvalue weighted by atomic mass is 10.0. The zero-order valence-electron chi connectivity index (χ0n) is 24.8. The summed E-state index contributed by atoms with van der Waals surface area (Å²) in [6.07, 6.45) is 19.4. The molecule has 0 nitrogen and oxygen atoms in total. The fraction of sp³-hybridized carbons (Fsp3) is 0.436. The van der Waals surface area contributed by atoms with Crippen molar-refractivity contribution in [3.63, 3.8) is 0 Å². The summed E-state index contributed by atoms with van der Waals surface area (Å²) in [5, 5.41) is 0. The number of benzene rings is 3. The topological polar surface area (TPSA) is 0 Å². The van der Waals surface area contributed by atoms with Gasteiger partial charge >= 0.3 is 0 Å². The van der Waals surface area contributed by atoms with Gasteiger partial charge in [-0.25, -0.2) is 4.39 Å². The Morgan fingerprint density at radius 2 is 0.850 bits per heavy atom. The lowest BCUT2D eigenvalue weighted by Gasteiger charge is -2.03. The molecule has 0 amide bonds. The molecule has 0 bridgehead atoms. The van der Waals surface area contributed by atoms with Gasteiger partial charge in [-0.1, -0.05) is 132 Å². The monoisotopic (exact) mass is 534 g/mol. The van der Waals surface area contributed by atoms with Crippen LogP contribution in [0.4, 0.5) is 4.39 Å². The molecule has 0 unspecified atom stereocenters. The zero-order chi connectivity index (χ0) is 28.3. The number of unbranched alkanes of at least 4 members (excludes halogenated alkanes) is 11. The van der Waals surface area contributed by atoms with Crippen molar-refractivity contribution < 1.29 is 4.39 Å². The predicted octanol–water partition coefficient (Wildman–Crippen LogP) is 10.8. The highest BCUT2D eigenvalue weighted by Gasteiger charge is 2.01. The lowest BCUT2D eigenvalue weighted by molar-refractivity contribution is 0.589. The van der Waals surface area contributed by atoms with Crippen molar-refractivity contribution >= 4 is 0 Å². The van der Waals surface area contributed by atoms with Gasteiger partial charge in [0.15, 0.2) is 0 Å². The maximum absolute atomic E-state index is 14.7. The largest absolute Gasteiger partial charge is 0.206 e. The zero-order valence-corrected chi connectivity index (χ0v) is 24.8. The van der Waals surface area contributed by atoms with Gasteiger partial charge in [-0.2, -0.15) is 0 Å². The second-order valence-electron chi connectivity index (χ2n) is 11.0. The number of aryl methyl sites for hydroxylation is 2. The molecule has 3 rings (SSSR count). The summed E-state index contributed by atoms with van der Waals surface area (Å²) < 4.78 is 14.7. The maximum atomic E-state index is 14.7. The Bertz CT molecular complexity index is 1240. The molecule has 1 heteroatoms. The van der Waals surface area contributed by atoms with Gasteiger partial charge < -0.3 is 0 Å². The molecule has 40 heavy (non-hydrogen) atoms. The first-order valence-corrected chi connectivity index (χ1v) is 15.7. The van der Waals surface area contributed by atoms with Crippen LogP contribution in [0.3, 0.4) is 0 Å². The van der Waals surface area contributed by atoms with Crippen molar-refractivity contribution in [1.29, 1.82) is 0 Å². The van der Waals surface area contributed by atoms with E-state index >= 15 is 0 Å². The van der Waals surface area contributed by atoms with Crippen molar-refractivity contribution in [2.75, 3.05) is 0 Å². The maximum Gasteiger partial charge on any atom is 0.140 e. The minimum absolute atomic E-state index is 0.329. The quantitative estimate of drug-likeness (QED) is 0.134. The summed E-state index contributed by atoms with van der Waals surface area (Å²) in [5.74, 6) is 12.0. The van der Waals surface area contributed by atoms with Crippen LogP contribution >= 0.6 is 0 Å². The normalized spacial score (nSPS) is 10.5. The molecule has 0 saturated carbocycles. The summed E-state index contributed by atoms with van der Waals surface area (Å²) >= 11 is 0. The Balaban J connectivity index is 1.46. The van der Waals surface area contributed by atoms with Crippen LogP contribution in [0.2, 0.25) is 0 Å². The van der Waals surface area contributed by atoms with Crippen LogP contribution in [0, 0.1) is 29.5 Å². The van der Waals surface area contributed by atoms with Crippen LogP contribution in [0.15, 0.2) is 66.7 Å². The molecule has 3 aromatic rings. The third-order valence-corrected chi connectivity index (χ3v) is 7.46. The Labute approximate surface area is 243 Å². The van der Waals surface area contributed by atoms with E-state index in [2.05, 4.69) is 73.9 Å². The minimum atomic E-state index is -0.329. The van der Waals surface area contributed by atoms with E-state index < -0.39 is 0 Å². The van der Waals surface area contributed by atoms with Crippen LogP contribution in [0.25, 0.3) is 0 Å². The molecule has 0 fully saturated rings. The predicted molar refractivity (Wildman–Crippen MR) is 170 cm³/mol. The van der Waals surface area contributed by atoms with Gasteiger partial charge in [0.25, 0.3) is 0 Å². The molecule has 0 saturated heterocycles. The Hall–Kier alpha value is -3.29. The Morgan fingerprint density at radius 1 is 0.450 bits per heavy atom. The first-order valence-electron chi connectivity index (χ1n) is 15.7. The van der Waals surface area contributed by atoms with E-state index in [1.165, 1.54) is 101 Å². The molecule has 0 aromatic heterocycles. The van der Waals surface area contributed by atoms with Gasteiger partial charge in [0.2, 0.25) is 0 Å². The molecular formula is C39H47F. The van der Waals surface area contributed by atoms with E-state index in [0.29, 0.717) is 11.1 Å². The van der Waals surface area contributed by atoms with Crippen molar-refractivity contribution in [3.05, 3.63) is 106 Å². The van der Waals surface area contributed by atoms with Gasteiger partial charge in [-0.15, -0.1) is 0 Å². The van der Waals surface area contributed by atoms with E-state index in [0.717, 1.165) is 24.0 Å². The second-order valence-corrected chi connectivity index (χ2v) is 11.0. The summed E-state index contributed by atoms with van der Waals surface area (Å²) in [5.41, 5.74) is 5.63. The van der Waals surface area contributed by atoms with Crippen LogP contribution in [-0.2, 0) is 12.8 Å². The molecule has 0 spiro atoms. The highest BCUT2D eigenvalue weighted by atomic mass is 19.1. The molecule has 210 valence electrons. The first kappa shape index (κ1) is 31.2. The van der Waals surface area contributed by atoms with Gasteiger partial charge in [0, 0.05) is 16.7 Å². The van der Waals surface area contributed by atoms with E-state index in [-0.39, 0.29) is 5.82 Å². The third-order valence-electron chi connectivity index (χ3n) is 7.46. The molecule has 0 aliphatic carbocycles. The number of hydrogen-bond donors (Lipinski definition) is 0. The number of halogens is 1. The van der Waals surface area contributed by atoms with Gasteiger partial charge in [0.1, 0.15) is 5.82 Å². The Morgan fingerprint density at radius 3 is 1.32 bits per heavy atom.